The predicted molar refractivity (Wildman–Crippen MR) is 87.0 cm³/mol. The van der Waals surface area contributed by atoms with Crippen LogP contribution in [0.1, 0.15) is 36.5 Å². The van der Waals surface area contributed by atoms with E-state index in [1.165, 1.54) is 25.5 Å². The van der Waals surface area contributed by atoms with E-state index in [4.69, 9.17) is 13.9 Å². The van der Waals surface area contributed by atoms with Crippen LogP contribution >= 0.6 is 0 Å². The highest BCUT2D eigenvalue weighted by Gasteiger charge is 2.24. The van der Waals surface area contributed by atoms with Gasteiger partial charge in [-0.25, -0.2) is 9.59 Å². The summed E-state index contributed by atoms with van der Waals surface area (Å²) in [4.78, 5) is 23.5. The maximum atomic E-state index is 11.9. The van der Waals surface area contributed by atoms with Crippen molar-refractivity contribution in [2.24, 2.45) is 0 Å². The predicted octanol–water partition coefficient (Wildman–Crippen LogP) is 3.29. The van der Waals surface area contributed by atoms with Crippen LogP contribution in [0.2, 0.25) is 0 Å². The first kappa shape index (κ1) is 17.4. The lowest BCUT2D eigenvalue weighted by Crippen LogP contribution is -2.07. The summed E-state index contributed by atoms with van der Waals surface area (Å²) in [7, 11) is 1.30. The molecule has 0 amide bonds. The van der Waals surface area contributed by atoms with Gasteiger partial charge < -0.3 is 24.1 Å². The number of hydrogen-bond acceptors (Lipinski definition) is 6. The Labute approximate surface area is 137 Å². The summed E-state index contributed by atoms with van der Waals surface area (Å²) in [5, 5.41) is 19.6. The molecule has 128 valence electrons. The van der Waals surface area contributed by atoms with E-state index < -0.39 is 23.1 Å². The molecule has 0 aliphatic carbocycles. The summed E-state index contributed by atoms with van der Waals surface area (Å²) in [6.07, 6.45) is 5.70. The van der Waals surface area contributed by atoms with Gasteiger partial charge in [-0.15, -0.1) is 0 Å². The quantitative estimate of drug-likeness (QED) is 0.454. The molecule has 0 aliphatic heterocycles. The molecule has 24 heavy (non-hydrogen) atoms. The monoisotopic (exact) mass is 334 g/mol. The van der Waals surface area contributed by atoms with E-state index in [1.54, 1.807) is 6.08 Å². The zero-order valence-corrected chi connectivity index (χ0v) is 13.4. The van der Waals surface area contributed by atoms with Crippen LogP contribution in [0.15, 0.2) is 33.7 Å². The molecule has 2 aromatic rings. The maximum absolute atomic E-state index is 11.9. The normalized spacial score (nSPS) is 11.1. The molecule has 7 heteroatoms. The third-order valence-electron chi connectivity index (χ3n) is 3.41. The van der Waals surface area contributed by atoms with Crippen LogP contribution in [-0.4, -0.2) is 23.3 Å². The number of unbranched alkanes of at least 4 members (excludes halogenated alkanes) is 2. The van der Waals surface area contributed by atoms with Gasteiger partial charge in [0.2, 0.25) is 0 Å². The van der Waals surface area contributed by atoms with Gasteiger partial charge in [0.05, 0.1) is 18.8 Å². The molecular weight excluding hydrogens is 316 g/mol. The van der Waals surface area contributed by atoms with Gasteiger partial charge in [0.25, 0.3) is 5.75 Å². The fraction of sp³-hybridized carbons (Fsp3) is 0.294. The number of carboxylic acid groups (broad SMARTS) is 1. The van der Waals surface area contributed by atoms with E-state index >= 15 is 0 Å². The summed E-state index contributed by atoms with van der Waals surface area (Å²) < 4.78 is 15.2. The van der Waals surface area contributed by atoms with Crippen molar-refractivity contribution in [1.82, 2.24) is 0 Å². The van der Waals surface area contributed by atoms with Gasteiger partial charge in [-0.05, 0) is 31.1 Å². The van der Waals surface area contributed by atoms with Gasteiger partial charge in [-0.1, -0.05) is 13.3 Å². The summed E-state index contributed by atoms with van der Waals surface area (Å²) in [5.41, 5.74) is -1.28. The third kappa shape index (κ3) is 3.34. The highest BCUT2D eigenvalue weighted by atomic mass is 16.5. The topological polar surface area (TPSA) is 106 Å². The van der Waals surface area contributed by atoms with E-state index in [0.29, 0.717) is 0 Å². The number of methoxy groups -OCH3 is 1. The lowest BCUT2D eigenvalue weighted by molar-refractivity contribution is 0.0695. The number of aromatic hydroxyl groups is 1. The Hall–Kier alpha value is -2.96. The first-order valence-corrected chi connectivity index (χ1v) is 7.43. The Morgan fingerprint density at radius 2 is 2.12 bits per heavy atom. The molecule has 7 nitrogen and oxygen atoms in total. The zero-order chi connectivity index (χ0) is 17.7. The molecular formula is C17H18O7. The second-order valence-electron chi connectivity index (χ2n) is 5.02. The summed E-state index contributed by atoms with van der Waals surface area (Å²) in [6.45, 7) is 2.04. The van der Waals surface area contributed by atoms with Crippen molar-refractivity contribution in [3.05, 3.63) is 40.5 Å². The van der Waals surface area contributed by atoms with Crippen LogP contribution in [0.5, 0.6) is 17.2 Å². The average Bonchev–Trinajstić information content (AvgIpc) is 2.56. The van der Waals surface area contributed by atoms with Crippen molar-refractivity contribution in [3.63, 3.8) is 0 Å². The van der Waals surface area contributed by atoms with Crippen LogP contribution in [0, 0.1) is 0 Å². The smallest absolute Gasteiger partial charge is 0.383 e. The molecule has 1 aromatic carbocycles. The van der Waals surface area contributed by atoms with Gasteiger partial charge in [0.15, 0.2) is 5.75 Å². The molecule has 1 heterocycles. The highest BCUT2D eigenvalue weighted by Crippen LogP contribution is 2.37. The van der Waals surface area contributed by atoms with Crippen molar-refractivity contribution in [1.29, 1.82) is 0 Å². The summed E-state index contributed by atoms with van der Waals surface area (Å²) in [6, 6.07) is 2.70. The lowest BCUT2D eigenvalue weighted by atomic mass is 10.1. The van der Waals surface area contributed by atoms with E-state index in [2.05, 4.69) is 0 Å². The molecule has 0 aliphatic rings. The molecule has 2 N–H and O–H groups in total. The number of hydrogen-bond donors (Lipinski definition) is 2. The molecule has 0 fully saturated rings. The van der Waals surface area contributed by atoms with Crippen LogP contribution in [0.25, 0.3) is 11.0 Å². The maximum Gasteiger partial charge on any atom is 0.383 e. The highest BCUT2D eigenvalue weighted by molar-refractivity contribution is 6.07. The van der Waals surface area contributed by atoms with E-state index in [-0.39, 0.29) is 22.3 Å². The Bertz CT molecular complexity index is 833. The number of rotatable bonds is 7. The van der Waals surface area contributed by atoms with Crippen molar-refractivity contribution < 1.29 is 28.9 Å². The van der Waals surface area contributed by atoms with Crippen LogP contribution in [0.3, 0.4) is 0 Å². The molecule has 2 rings (SSSR count). The zero-order valence-electron chi connectivity index (χ0n) is 13.4. The number of carbonyl (C=O) groups is 1. The Morgan fingerprint density at radius 3 is 2.75 bits per heavy atom. The number of carboxylic acids is 1. The van der Waals surface area contributed by atoms with Gasteiger partial charge in [0, 0.05) is 0 Å². The molecule has 0 saturated heterocycles. The first-order valence-electron chi connectivity index (χ1n) is 7.43. The molecule has 0 saturated carbocycles. The Balaban J connectivity index is 2.58. The molecule has 0 radical (unpaired) electrons. The second kappa shape index (κ2) is 7.54. The first-order chi connectivity index (χ1) is 11.5. The van der Waals surface area contributed by atoms with Gasteiger partial charge in [-0.3, -0.25) is 0 Å². The molecule has 0 bridgehead atoms. The SMILES string of the molecule is CCCCC=COc1c(O)c2c(C(=O)O)c(OC)ccc2oc1=O. The van der Waals surface area contributed by atoms with Crippen LogP contribution in [-0.2, 0) is 0 Å². The number of aromatic carboxylic acids is 1. The number of ether oxygens (including phenoxy) is 2. The van der Waals surface area contributed by atoms with E-state index in [1.807, 2.05) is 6.92 Å². The number of benzene rings is 1. The summed E-state index contributed by atoms with van der Waals surface area (Å²) >= 11 is 0. The minimum absolute atomic E-state index is 0.0311. The van der Waals surface area contributed by atoms with Gasteiger partial charge in [-0.2, -0.15) is 0 Å². The largest absolute Gasteiger partial charge is 0.504 e. The van der Waals surface area contributed by atoms with Crippen molar-refractivity contribution in [2.75, 3.05) is 7.11 Å². The molecule has 0 atom stereocenters. The standard InChI is InChI=1S/C17H18O7/c1-3-4-5-6-9-23-15-14(18)12-11(24-17(15)21)8-7-10(22-2)13(12)16(19)20/h6-9,18H,3-5H2,1-2H3,(H,19,20). The van der Waals surface area contributed by atoms with Crippen molar-refractivity contribution >= 4 is 16.9 Å². The number of allylic oxidation sites excluding steroid dienone is 1. The average molecular weight is 334 g/mol. The minimum atomic E-state index is -1.33. The molecule has 1 aromatic heterocycles. The van der Waals surface area contributed by atoms with E-state index in [0.717, 1.165) is 19.3 Å². The van der Waals surface area contributed by atoms with E-state index in [9.17, 15) is 19.8 Å². The van der Waals surface area contributed by atoms with Crippen LogP contribution < -0.4 is 15.1 Å². The molecule has 0 unspecified atom stereocenters. The summed E-state index contributed by atoms with van der Waals surface area (Å²) in [5.74, 6) is -2.36. The van der Waals surface area contributed by atoms with Crippen molar-refractivity contribution in [2.45, 2.75) is 26.2 Å². The Kier molecular flexibility index (Phi) is 5.47. The van der Waals surface area contributed by atoms with Gasteiger partial charge >= 0.3 is 11.6 Å². The van der Waals surface area contributed by atoms with Crippen molar-refractivity contribution in [3.8, 4) is 17.2 Å². The fourth-order valence-corrected chi connectivity index (χ4v) is 2.23. The lowest BCUT2D eigenvalue weighted by Gasteiger charge is -2.10. The second-order valence-corrected chi connectivity index (χ2v) is 5.02. The minimum Gasteiger partial charge on any atom is -0.504 e. The van der Waals surface area contributed by atoms with Gasteiger partial charge in [0.1, 0.15) is 16.9 Å². The fourth-order valence-electron chi connectivity index (χ4n) is 2.23. The molecule has 0 spiro atoms. The number of fused-ring (bicyclic) bond motifs is 1. The van der Waals surface area contributed by atoms with Crippen LogP contribution in [0.4, 0.5) is 0 Å². The Morgan fingerprint density at radius 1 is 1.38 bits per heavy atom. The third-order valence-corrected chi connectivity index (χ3v) is 3.41.